The van der Waals surface area contributed by atoms with Crippen LogP contribution in [0.3, 0.4) is 0 Å². The first-order valence-electron chi connectivity index (χ1n) is 9.71. The first-order valence-corrected chi connectivity index (χ1v) is 9.71. The van der Waals surface area contributed by atoms with E-state index < -0.39 is 35.3 Å². The number of alkyl halides is 3. The fourth-order valence-electron chi connectivity index (χ4n) is 3.85. The molecule has 0 aliphatic carbocycles. The lowest BCUT2D eigenvalue weighted by atomic mass is 9.82. The fraction of sp³-hybridized carbons (Fsp3) is 0.227. The number of amides is 2. The Kier molecular flexibility index (Phi) is 5.45. The number of allylic oxidation sites excluding steroid dienone is 1. The van der Waals surface area contributed by atoms with Crippen molar-refractivity contribution in [3.05, 3.63) is 70.8 Å². The molecule has 0 spiro atoms. The standard InChI is InChI=1S/C22H18F4N4O2/c1-11-16(8-21(32)29-14-3-5-19-12(6-14)10-27-30-19)17(9-20(31)28-11)15-4-2-13(7-18(15)23)22(24,25)26/h2-7,10,17H,8-9H2,1H3,(H,27,30)(H,28,31)(H,29,32). The van der Waals surface area contributed by atoms with E-state index in [-0.39, 0.29) is 18.4 Å². The van der Waals surface area contributed by atoms with Crippen molar-refractivity contribution in [3.63, 3.8) is 0 Å². The quantitative estimate of drug-likeness (QED) is 0.511. The van der Waals surface area contributed by atoms with E-state index in [1.807, 2.05) is 0 Å². The van der Waals surface area contributed by atoms with Gasteiger partial charge in [0, 0.05) is 29.1 Å². The Hall–Kier alpha value is -3.69. The third-order valence-corrected chi connectivity index (χ3v) is 5.40. The van der Waals surface area contributed by atoms with Gasteiger partial charge >= 0.3 is 6.18 Å². The molecule has 0 saturated heterocycles. The Balaban J connectivity index is 1.59. The topological polar surface area (TPSA) is 86.9 Å². The molecule has 3 aromatic rings. The molecule has 3 N–H and O–H groups in total. The molecule has 1 aliphatic heterocycles. The summed E-state index contributed by atoms with van der Waals surface area (Å²) in [4.78, 5) is 24.8. The Morgan fingerprint density at radius 2 is 2.00 bits per heavy atom. The van der Waals surface area contributed by atoms with Crippen molar-refractivity contribution in [2.45, 2.75) is 31.9 Å². The van der Waals surface area contributed by atoms with Crippen molar-refractivity contribution in [3.8, 4) is 0 Å². The number of carbonyl (C=O) groups excluding carboxylic acids is 2. The van der Waals surface area contributed by atoms with Crippen LogP contribution in [0.2, 0.25) is 0 Å². The van der Waals surface area contributed by atoms with Gasteiger partial charge in [-0.1, -0.05) is 6.07 Å². The lowest BCUT2D eigenvalue weighted by molar-refractivity contribution is -0.137. The number of nitrogens with zero attached hydrogens (tertiary/aromatic N) is 1. The Bertz CT molecular complexity index is 1250. The number of benzene rings is 2. The molecular formula is C22H18F4N4O2. The van der Waals surface area contributed by atoms with E-state index >= 15 is 0 Å². The van der Waals surface area contributed by atoms with Crippen molar-refractivity contribution in [2.24, 2.45) is 0 Å². The lowest BCUT2D eigenvalue weighted by Crippen LogP contribution is -2.32. The van der Waals surface area contributed by atoms with Crippen molar-refractivity contribution < 1.29 is 27.2 Å². The van der Waals surface area contributed by atoms with Gasteiger partial charge < -0.3 is 10.6 Å². The third-order valence-electron chi connectivity index (χ3n) is 5.40. The van der Waals surface area contributed by atoms with Crippen LogP contribution in [-0.4, -0.2) is 22.0 Å². The van der Waals surface area contributed by atoms with Gasteiger partial charge in [0.15, 0.2) is 0 Å². The zero-order chi connectivity index (χ0) is 23.0. The van der Waals surface area contributed by atoms with Crippen LogP contribution in [0.25, 0.3) is 10.9 Å². The van der Waals surface area contributed by atoms with E-state index in [9.17, 15) is 27.2 Å². The summed E-state index contributed by atoms with van der Waals surface area (Å²) < 4.78 is 53.3. The summed E-state index contributed by atoms with van der Waals surface area (Å²) in [6.07, 6.45) is -3.42. The van der Waals surface area contributed by atoms with Gasteiger partial charge in [0.05, 0.1) is 23.7 Å². The molecule has 0 bridgehead atoms. The van der Waals surface area contributed by atoms with Crippen LogP contribution in [0.4, 0.5) is 23.2 Å². The van der Waals surface area contributed by atoms with Gasteiger partial charge in [-0.2, -0.15) is 18.3 Å². The molecule has 2 amide bonds. The number of H-pyrrole nitrogens is 1. The first kappa shape index (κ1) is 21.5. The number of halogens is 4. The number of anilines is 1. The summed E-state index contributed by atoms with van der Waals surface area (Å²) in [5.41, 5.74) is 0.966. The predicted octanol–water partition coefficient (Wildman–Crippen LogP) is 4.63. The fourth-order valence-corrected chi connectivity index (χ4v) is 3.85. The van der Waals surface area contributed by atoms with Crippen molar-refractivity contribution >= 4 is 28.4 Å². The number of fused-ring (bicyclic) bond motifs is 1. The van der Waals surface area contributed by atoms with E-state index in [0.29, 0.717) is 23.0 Å². The maximum atomic E-state index is 14.6. The highest BCUT2D eigenvalue weighted by atomic mass is 19.4. The molecule has 0 saturated carbocycles. The van der Waals surface area contributed by atoms with E-state index in [1.54, 1.807) is 31.3 Å². The van der Waals surface area contributed by atoms with Crippen LogP contribution < -0.4 is 10.6 Å². The maximum Gasteiger partial charge on any atom is 0.416 e. The summed E-state index contributed by atoms with van der Waals surface area (Å²) in [5, 5.41) is 12.9. The van der Waals surface area contributed by atoms with Crippen LogP contribution in [0.1, 0.15) is 36.8 Å². The zero-order valence-corrected chi connectivity index (χ0v) is 16.8. The van der Waals surface area contributed by atoms with E-state index in [2.05, 4.69) is 20.8 Å². The Morgan fingerprint density at radius 3 is 2.72 bits per heavy atom. The maximum absolute atomic E-state index is 14.6. The summed E-state index contributed by atoms with van der Waals surface area (Å²) in [6.45, 7) is 1.58. The lowest BCUT2D eigenvalue weighted by Gasteiger charge is -2.28. The van der Waals surface area contributed by atoms with Crippen molar-refractivity contribution in [1.29, 1.82) is 0 Å². The van der Waals surface area contributed by atoms with E-state index in [0.717, 1.165) is 23.0 Å². The van der Waals surface area contributed by atoms with Gasteiger partial charge in [0.1, 0.15) is 5.82 Å². The molecule has 0 fully saturated rings. The second-order valence-corrected chi connectivity index (χ2v) is 7.59. The highest BCUT2D eigenvalue weighted by Gasteiger charge is 2.34. The number of hydrogen-bond donors (Lipinski definition) is 3. The molecule has 2 aromatic carbocycles. The normalized spacial score (nSPS) is 16.9. The largest absolute Gasteiger partial charge is 0.416 e. The molecule has 1 unspecified atom stereocenters. The summed E-state index contributed by atoms with van der Waals surface area (Å²) in [7, 11) is 0. The average molecular weight is 446 g/mol. The second-order valence-electron chi connectivity index (χ2n) is 7.59. The molecule has 1 aromatic heterocycles. The average Bonchev–Trinajstić information content (AvgIpc) is 3.17. The molecule has 6 nitrogen and oxygen atoms in total. The molecule has 0 radical (unpaired) electrons. The van der Waals surface area contributed by atoms with Crippen LogP contribution in [0, 0.1) is 5.82 Å². The number of rotatable bonds is 4. The van der Waals surface area contributed by atoms with Crippen molar-refractivity contribution in [2.75, 3.05) is 5.32 Å². The number of aromatic amines is 1. The Labute approximate surface area is 179 Å². The van der Waals surface area contributed by atoms with Gasteiger partial charge in [0.2, 0.25) is 11.8 Å². The predicted molar refractivity (Wildman–Crippen MR) is 109 cm³/mol. The minimum absolute atomic E-state index is 0.0604. The highest BCUT2D eigenvalue weighted by molar-refractivity contribution is 5.95. The number of hydrogen-bond acceptors (Lipinski definition) is 3. The van der Waals surface area contributed by atoms with Crippen LogP contribution >= 0.6 is 0 Å². The monoisotopic (exact) mass is 446 g/mol. The summed E-state index contributed by atoms with van der Waals surface area (Å²) in [5.74, 6) is -2.74. The Morgan fingerprint density at radius 1 is 1.22 bits per heavy atom. The van der Waals surface area contributed by atoms with E-state index in [4.69, 9.17) is 0 Å². The molecule has 4 rings (SSSR count). The zero-order valence-electron chi connectivity index (χ0n) is 16.8. The van der Waals surface area contributed by atoms with Crippen LogP contribution in [0.5, 0.6) is 0 Å². The minimum Gasteiger partial charge on any atom is -0.330 e. The highest BCUT2D eigenvalue weighted by Crippen LogP contribution is 2.38. The van der Waals surface area contributed by atoms with E-state index in [1.165, 1.54) is 0 Å². The van der Waals surface area contributed by atoms with Gasteiger partial charge in [0.25, 0.3) is 0 Å². The molecule has 2 heterocycles. The molecule has 10 heteroatoms. The number of nitrogens with one attached hydrogen (secondary N) is 3. The molecular weight excluding hydrogens is 428 g/mol. The number of carbonyl (C=O) groups is 2. The molecule has 1 aliphatic rings. The smallest absolute Gasteiger partial charge is 0.330 e. The van der Waals surface area contributed by atoms with Gasteiger partial charge in [-0.3, -0.25) is 14.7 Å². The van der Waals surface area contributed by atoms with Gasteiger partial charge in [-0.25, -0.2) is 4.39 Å². The van der Waals surface area contributed by atoms with Gasteiger partial charge in [-0.05, 0) is 48.4 Å². The summed E-state index contributed by atoms with van der Waals surface area (Å²) >= 11 is 0. The SMILES string of the molecule is CC1=C(CC(=O)Nc2ccc3[nH]ncc3c2)C(c2ccc(C(F)(F)F)cc2F)CC(=O)N1. The molecule has 1 atom stereocenters. The van der Waals surface area contributed by atoms with Crippen molar-refractivity contribution in [1.82, 2.24) is 15.5 Å². The van der Waals surface area contributed by atoms with Crippen LogP contribution in [-0.2, 0) is 15.8 Å². The first-order chi connectivity index (χ1) is 15.1. The second kappa shape index (κ2) is 8.10. The van der Waals surface area contributed by atoms with Gasteiger partial charge in [-0.15, -0.1) is 0 Å². The number of aromatic nitrogens is 2. The minimum atomic E-state index is -4.69. The summed E-state index contributed by atoms with van der Waals surface area (Å²) in [6, 6.07) is 7.39. The van der Waals surface area contributed by atoms with Crippen LogP contribution in [0.15, 0.2) is 53.9 Å². The molecule has 166 valence electrons. The molecule has 32 heavy (non-hydrogen) atoms. The third kappa shape index (κ3) is 4.34.